The number of ether oxygens (including phenoxy) is 2. The van der Waals surface area contributed by atoms with Crippen LogP contribution in [0.5, 0.6) is 0 Å². The van der Waals surface area contributed by atoms with Crippen LogP contribution in [0.2, 0.25) is 0 Å². The largest absolute Gasteiger partial charge is 0.375 e. The van der Waals surface area contributed by atoms with Gasteiger partial charge in [-0.05, 0) is 85.5 Å². The molecule has 4 atom stereocenters. The molecule has 4 rings (SSSR count). The summed E-state index contributed by atoms with van der Waals surface area (Å²) in [6.45, 7) is 13.8. The summed E-state index contributed by atoms with van der Waals surface area (Å²) in [5, 5.41) is 0. The van der Waals surface area contributed by atoms with Gasteiger partial charge in [0, 0.05) is 10.6 Å². The van der Waals surface area contributed by atoms with Gasteiger partial charge in [0.05, 0.1) is 28.2 Å². The van der Waals surface area contributed by atoms with E-state index in [-0.39, 0.29) is 21.6 Å². The molecule has 2 nitrogen and oxygen atoms in total. The summed E-state index contributed by atoms with van der Waals surface area (Å²) in [4.78, 5) is 1.34. The van der Waals surface area contributed by atoms with Crippen LogP contribution < -0.4 is 0 Å². The Balaban J connectivity index is 1.71. The van der Waals surface area contributed by atoms with Crippen LogP contribution >= 0.6 is 24.0 Å². The standard InChI is InChI=1S/C20H34O2S2/c1-17(2,3)21-7-8-24-20-11-14-9-15(16(20)23)12-19(10-14,13-20)22-18(4,5)6/h14-15H,7-13H2,1-6H3. The van der Waals surface area contributed by atoms with Gasteiger partial charge in [-0.3, -0.25) is 0 Å². The predicted octanol–water partition coefficient (Wildman–Crippen LogP) is 5.42. The highest BCUT2D eigenvalue weighted by molar-refractivity contribution is 8.02. The smallest absolute Gasteiger partial charge is 0.0715 e. The van der Waals surface area contributed by atoms with E-state index in [0.717, 1.165) is 31.1 Å². The van der Waals surface area contributed by atoms with Crippen molar-refractivity contribution in [3.63, 3.8) is 0 Å². The average molecular weight is 371 g/mol. The second kappa shape index (κ2) is 6.21. The van der Waals surface area contributed by atoms with Crippen molar-refractivity contribution >= 4 is 28.8 Å². The van der Waals surface area contributed by atoms with Crippen LogP contribution in [0.25, 0.3) is 0 Å². The van der Waals surface area contributed by atoms with Crippen molar-refractivity contribution in [3.05, 3.63) is 0 Å². The molecule has 138 valence electrons. The monoisotopic (exact) mass is 370 g/mol. The lowest BCUT2D eigenvalue weighted by Gasteiger charge is -2.62. The fourth-order valence-electron chi connectivity index (χ4n) is 5.28. The molecule has 0 heterocycles. The highest BCUT2D eigenvalue weighted by Crippen LogP contribution is 2.62. The zero-order valence-electron chi connectivity index (χ0n) is 16.2. The first-order valence-electron chi connectivity index (χ1n) is 9.45. The highest BCUT2D eigenvalue weighted by Gasteiger charge is 2.62. The maximum Gasteiger partial charge on any atom is 0.0715 e. The lowest BCUT2D eigenvalue weighted by molar-refractivity contribution is -0.184. The predicted molar refractivity (Wildman–Crippen MR) is 107 cm³/mol. The van der Waals surface area contributed by atoms with Crippen LogP contribution in [0.15, 0.2) is 0 Å². The normalized spacial score (nSPS) is 38.8. The third kappa shape index (κ3) is 4.02. The van der Waals surface area contributed by atoms with Gasteiger partial charge in [-0.1, -0.05) is 12.2 Å². The molecule has 0 amide bonds. The van der Waals surface area contributed by atoms with Crippen molar-refractivity contribution in [1.82, 2.24) is 0 Å². The molecular weight excluding hydrogens is 336 g/mol. The minimum Gasteiger partial charge on any atom is -0.375 e. The lowest BCUT2D eigenvalue weighted by Crippen LogP contribution is -2.64. The molecule has 0 saturated heterocycles. The van der Waals surface area contributed by atoms with E-state index in [0.29, 0.717) is 5.92 Å². The minimum absolute atomic E-state index is 0.0564. The van der Waals surface area contributed by atoms with Crippen molar-refractivity contribution in [3.8, 4) is 0 Å². The summed E-state index contributed by atoms with van der Waals surface area (Å²) >= 11 is 8.04. The highest BCUT2D eigenvalue weighted by atomic mass is 32.2. The van der Waals surface area contributed by atoms with Gasteiger partial charge in [0.15, 0.2) is 0 Å². The Bertz CT molecular complexity index is 505. The van der Waals surface area contributed by atoms with Gasteiger partial charge in [-0.25, -0.2) is 0 Å². The average Bonchev–Trinajstić information content (AvgIpc) is 2.36. The van der Waals surface area contributed by atoms with Crippen LogP contribution in [0, 0.1) is 11.8 Å². The van der Waals surface area contributed by atoms with E-state index in [1.807, 2.05) is 0 Å². The van der Waals surface area contributed by atoms with E-state index in [4.69, 9.17) is 21.7 Å². The molecule has 4 bridgehead atoms. The molecule has 0 spiro atoms. The van der Waals surface area contributed by atoms with E-state index in [2.05, 4.69) is 53.3 Å². The third-order valence-corrected chi connectivity index (χ3v) is 7.77. The topological polar surface area (TPSA) is 18.5 Å². The van der Waals surface area contributed by atoms with Crippen molar-refractivity contribution in [1.29, 1.82) is 0 Å². The first-order valence-corrected chi connectivity index (χ1v) is 10.8. The Morgan fingerprint density at radius 3 is 2.42 bits per heavy atom. The maximum atomic E-state index is 6.67. The second-order valence-electron chi connectivity index (χ2n) is 10.2. The van der Waals surface area contributed by atoms with E-state index in [1.54, 1.807) is 0 Å². The summed E-state index contributed by atoms with van der Waals surface area (Å²) in [7, 11) is 0. The molecular formula is C20H34O2S2. The Morgan fingerprint density at radius 1 is 1.08 bits per heavy atom. The van der Waals surface area contributed by atoms with Gasteiger partial charge in [0.2, 0.25) is 0 Å². The van der Waals surface area contributed by atoms with Gasteiger partial charge in [-0.2, -0.15) is 0 Å². The number of thioether (sulfide) groups is 1. The summed E-state index contributed by atoms with van der Waals surface area (Å²) in [5.74, 6) is 2.42. The van der Waals surface area contributed by atoms with Crippen LogP contribution in [-0.4, -0.2) is 38.8 Å². The molecule has 4 unspecified atom stereocenters. The van der Waals surface area contributed by atoms with Crippen molar-refractivity contribution in [2.45, 2.75) is 95.2 Å². The zero-order chi connectivity index (χ0) is 17.8. The Labute approximate surface area is 157 Å². The Morgan fingerprint density at radius 2 is 1.79 bits per heavy atom. The van der Waals surface area contributed by atoms with Gasteiger partial charge in [-0.15, -0.1) is 11.8 Å². The molecule has 4 aliphatic rings. The summed E-state index contributed by atoms with van der Waals surface area (Å²) in [6.07, 6.45) is 6.07. The minimum atomic E-state index is -0.0749. The van der Waals surface area contributed by atoms with E-state index < -0.39 is 0 Å². The molecule has 4 heteroatoms. The molecule has 0 aromatic carbocycles. The first kappa shape index (κ1) is 19.1. The fourth-order valence-corrected chi connectivity index (χ4v) is 7.38. The number of thiocarbonyl (C=S) groups is 1. The Kier molecular flexibility index (Phi) is 4.95. The van der Waals surface area contributed by atoms with E-state index in [9.17, 15) is 0 Å². The van der Waals surface area contributed by atoms with Gasteiger partial charge >= 0.3 is 0 Å². The maximum absolute atomic E-state index is 6.67. The van der Waals surface area contributed by atoms with Gasteiger partial charge in [0.1, 0.15) is 0 Å². The van der Waals surface area contributed by atoms with Crippen molar-refractivity contribution in [2.24, 2.45) is 11.8 Å². The summed E-state index contributed by atoms with van der Waals surface area (Å²) in [6, 6.07) is 0. The van der Waals surface area contributed by atoms with E-state index in [1.165, 1.54) is 24.1 Å². The molecule has 24 heavy (non-hydrogen) atoms. The van der Waals surface area contributed by atoms with Gasteiger partial charge in [0.25, 0.3) is 0 Å². The number of hydrogen-bond donors (Lipinski definition) is 0. The van der Waals surface area contributed by atoms with Crippen molar-refractivity contribution in [2.75, 3.05) is 12.4 Å². The first-order chi connectivity index (χ1) is 10.9. The van der Waals surface area contributed by atoms with Crippen LogP contribution in [-0.2, 0) is 9.47 Å². The van der Waals surface area contributed by atoms with Crippen LogP contribution in [0.3, 0.4) is 0 Å². The lowest BCUT2D eigenvalue weighted by atomic mass is 9.53. The second-order valence-corrected chi connectivity index (χ2v) is 12.1. The number of rotatable bonds is 5. The molecule has 0 aliphatic heterocycles. The third-order valence-electron chi connectivity index (χ3n) is 5.46. The molecule has 0 aromatic rings. The fraction of sp³-hybridized carbons (Fsp3) is 0.950. The zero-order valence-corrected chi connectivity index (χ0v) is 17.9. The summed E-state index contributed by atoms with van der Waals surface area (Å²) < 4.78 is 12.8. The van der Waals surface area contributed by atoms with Crippen molar-refractivity contribution < 1.29 is 9.47 Å². The quantitative estimate of drug-likeness (QED) is 0.475. The van der Waals surface area contributed by atoms with Crippen LogP contribution in [0.1, 0.15) is 73.6 Å². The molecule has 0 N–H and O–H groups in total. The molecule has 0 aromatic heterocycles. The number of hydrogen-bond acceptors (Lipinski definition) is 4. The Hall–Kier alpha value is 0.360. The summed E-state index contributed by atoms with van der Waals surface area (Å²) in [5.41, 5.74) is -0.0716. The molecule has 4 aliphatic carbocycles. The van der Waals surface area contributed by atoms with E-state index >= 15 is 0 Å². The SMILES string of the molecule is CC(C)(C)OCCSC12CC3CC(CC(OC(C)(C)C)(C3)C1)C2=S. The molecule has 4 fully saturated rings. The molecule has 4 saturated carbocycles. The molecule has 0 radical (unpaired) electrons. The van der Waals surface area contributed by atoms with Crippen LogP contribution in [0.4, 0.5) is 0 Å². The van der Waals surface area contributed by atoms with Gasteiger partial charge < -0.3 is 9.47 Å².